The smallest absolute Gasteiger partial charge is 0.193 e. The lowest BCUT2D eigenvalue weighted by molar-refractivity contribution is 0.177. The van der Waals surface area contributed by atoms with Crippen LogP contribution in [0, 0.1) is 5.92 Å². The first-order valence-electron chi connectivity index (χ1n) is 10.7. The van der Waals surface area contributed by atoms with Gasteiger partial charge >= 0.3 is 0 Å². The lowest BCUT2D eigenvalue weighted by Gasteiger charge is -2.30. The molecule has 1 aromatic heterocycles. The molecule has 1 fully saturated rings. The van der Waals surface area contributed by atoms with Crippen molar-refractivity contribution in [1.82, 2.24) is 4.90 Å². The van der Waals surface area contributed by atoms with Gasteiger partial charge < -0.3 is 18.8 Å². The number of piperidine rings is 1. The van der Waals surface area contributed by atoms with Gasteiger partial charge in [0.15, 0.2) is 5.43 Å². The van der Waals surface area contributed by atoms with Gasteiger partial charge in [-0.2, -0.15) is 0 Å². The van der Waals surface area contributed by atoms with Crippen molar-refractivity contribution in [2.24, 2.45) is 5.92 Å². The molecule has 0 atom stereocenters. The van der Waals surface area contributed by atoms with E-state index in [1.807, 2.05) is 36.4 Å². The molecule has 0 amide bonds. The first-order valence-corrected chi connectivity index (χ1v) is 10.7. The fourth-order valence-electron chi connectivity index (χ4n) is 3.89. The molecule has 5 heteroatoms. The van der Waals surface area contributed by atoms with E-state index in [1.54, 1.807) is 13.2 Å². The van der Waals surface area contributed by atoms with Crippen molar-refractivity contribution < 1.29 is 13.9 Å². The molecule has 0 unspecified atom stereocenters. The van der Waals surface area contributed by atoms with Crippen LogP contribution < -0.4 is 14.9 Å². The summed E-state index contributed by atoms with van der Waals surface area (Å²) in [6, 6.07) is 14.4. The van der Waals surface area contributed by atoms with Crippen molar-refractivity contribution >= 4 is 11.0 Å². The monoisotopic (exact) mass is 407 g/mol. The lowest BCUT2D eigenvalue weighted by atomic mass is 9.99. The number of nitrogens with zero attached hydrogens (tertiary/aromatic N) is 1. The Balaban J connectivity index is 1.42. The number of hydrogen-bond donors (Lipinski definition) is 0. The Kier molecular flexibility index (Phi) is 6.38. The molecule has 30 heavy (non-hydrogen) atoms. The number of hydrogen-bond acceptors (Lipinski definition) is 5. The molecule has 0 saturated carbocycles. The first kappa shape index (κ1) is 20.5. The Labute approximate surface area is 177 Å². The molecule has 158 valence electrons. The van der Waals surface area contributed by atoms with E-state index in [9.17, 15) is 4.79 Å². The zero-order valence-corrected chi connectivity index (χ0v) is 17.7. The Bertz CT molecular complexity index is 1030. The highest BCUT2D eigenvalue weighted by Crippen LogP contribution is 2.26. The molecular weight excluding hydrogens is 378 g/mol. The second-order valence-corrected chi connectivity index (χ2v) is 8.09. The standard InChI is InChI=1S/C25H29NO4/c1-18-10-13-26(14-11-18)12-3-15-29-21-8-9-22-23(27)17-24(30-25(22)16-21)19-4-6-20(28-2)7-5-19/h4-9,16-18H,3,10-15H2,1-2H3. The van der Waals surface area contributed by atoms with E-state index in [1.165, 1.54) is 32.0 Å². The fraction of sp³-hybridized carbons (Fsp3) is 0.400. The third-order valence-corrected chi connectivity index (χ3v) is 5.84. The van der Waals surface area contributed by atoms with Crippen molar-refractivity contribution in [3.8, 4) is 22.8 Å². The summed E-state index contributed by atoms with van der Waals surface area (Å²) in [5.41, 5.74) is 1.31. The highest BCUT2D eigenvalue weighted by atomic mass is 16.5. The molecule has 2 heterocycles. The Morgan fingerprint density at radius 3 is 2.50 bits per heavy atom. The van der Waals surface area contributed by atoms with Crippen LogP contribution in [-0.2, 0) is 0 Å². The maximum Gasteiger partial charge on any atom is 0.193 e. The van der Waals surface area contributed by atoms with Crippen LogP contribution in [0.25, 0.3) is 22.3 Å². The third-order valence-electron chi connectivity index (χ3n) is 5.84. The topological polar surface area (TPSA) is 51.9 Å². The molecular formula is C25H29NO4. The van der Waals surface area contributed by atoms with Crippen LogP contribution in [0.2, 0.25) is 0 Å². The third kappa shape index (κ3) is 4.85. The molecule has 4 rings (SSSR count). The predicted octanol–water partition coefficient (Wildman–Crippen LogP) is 4.97. The second-order valence-electron chi connectivity index (χ2n) is 8.09. The molecule has 3 aromatic rings. The van der Waals surface area contributed by atoms with E-state index in [2.05, 4.69) is 11.8 Å². The lowest BCUT2D eigenvalue weighted by Crippen LogP contribution is -2.34. The average Bonchev–Trinajstić information content (AvgIpc) is 2.78. The number of benzene rings is 2. The number of methoxy groups -OCH3 is 1. The molecule has 2 aromatic carbocycles. The van der Waals surface area contributed by atoms with E-state index < -0.39 is 0 Å². The molecule has 1 aliphatic heterocycles. The van der Waals surface area contributed by atoms with Gasteiger partial charge in [0.2, 0.25) is 0 Å². The molecule has 0 aliphatic carbocycles. The highest BCUT2D eigenvalue weighted by Gasteiger charge is 2.15. The van der Waals surface area contributed by atoms with E-state index in [0.29, 0.717) is 23.3 Å². The summed E-state index contributed by atoms with van der Waals surface area (Å²) in [4.78, 5) is 15.1. The summed E-state index contributed by atoms with van der Waals surface area (Å²) in [5, 5.41) is 0.557. The molecule has 5 nitrogen and oxygen atoms in total. The van der Waals surface area contributed by atoms with Crippen LogP contribution in [0.3, 0.4) is 0 Å². The van der Waals surface area contributed by atoms with Gasteiger partial charge in [0, 0.05) is 24.2 Å². The molecule has 0 radical (unpaired) electrons. The highest BCUT2D eigenvalue weighted by molar-refractivity contribution is 5.80. The van der Waals surface area contributed by atoms with Crippen molar-refractivity contribution in [1.29, 1.82) is 0 Å². The summed E-state index contributed by atoms with van der Waals surface area (Å²) in [5.74, 6) is 2.88. The number of rotatable bonds is 7. The fourth-order valence-corrected chi connectivity index (χ4v) is 3.89. The SMILES string of the molecule is COc1ccc(-c2cc(=O)c3ccc(OCCCN4CCC(C)CC4)cc3o2)cc1. The van der Waals surface area contributed by atoms with E-state index >= 15 is 0 Å². The Morgan fingerprint density at radius 2 is 1.77 bits per heavy atom. The van der Waals surface area contributed by atoms with Crippen molar-refractivity contribution in [3.05, 3.63) is 58.8 Å². The molecule has 1 aliphatic rings. The van der Waals surface area contributed by atoms with Crippen LogP contribution in [0.4, 0.5) is 0 Å². The van der Waals surface area contributed by atoms with E-state index in [0.717, 1.165) is 35.9 Å². The average molecular weight is 408 g/mol. The van der Waals surface area contributed by atoms with Gasteiger partial charge in [0.05, 0.1) is 19.1 Å². The minimum atomic E-state index is -0.0621. The van der Waals surface area contributed by atoms with Gasteiger partial charge in [-0.05, 0) is 74.7 Å². The van der Waals surface area contributed by atoms with Crippen LogP contribution in [0.5, 0.6) is 11.5 Å². The van der Waals surface area contributed by atoms with Crippen molar-refractivity contribution in [3.63, 3.8) is 0 Å². The Morgan fingerprint density at radius 1 is 1.03 bits per heavy atom. The normalized spacial score (nSPS) is 15.4. The predicted molar refractivity (Wildman–Crippen MR) is 119 cm³/mol. The minimum Gasteiger partial charge on any atom is -0.497 e. The van der Waals surface area contributed by atoms with Gasteiger partial charge in [-0.25, -0.2) is 0 Å². The molecule has 0 bridgehead atoms. The van der Waals surface area contributed by atoms with Gasteiger partial charge in [-0.15, -0.1) is 0 Å². The minimum absolute atomic E-state index is 0.0621. The summed E-state index contributed by atoms with van der Waals surface area (Å²) in [7, 11) is 1.62. The van der Waals surface area contributed by atoms with Crippen LogP contribution >= 0.6 is 0 Å². The van der Waals surface area contributed by atoms with Crippen molar-refractivity contribution in [2.75, 3.05) is 33.4 Å². The van der Waals surface area contributed by atoms with E-state index in [-0.39, 0.29) is 5.43 Å². The summed E-state index contributed by atoms with van der Waals surface area (Å²) < 4.78 is 17.2. The number of likely N-dealkylation sites (tertiary alicyclic amines) is 1. The van der Waals surface area contributed by atoms with Crippen LogP contribution in [0.15, 0.2) is 57.7 Å². The quantitative estimate of drug-likeness (QED) is 0.518. The van der Waals surface area contributed by atoms with Crippen LogP contribution in [0.1, 0.15) is 26.2 Å². The molecule has 0 N–H and O–H groups in total. The number of fused-ring (bicyclic) bond motifs is 1. The zero-order valence-electron chi connectivity index (χ0n) is 17.7. The molecule has 1 saturated heterocycles. The van der Waals surface area contributed by atoms with Gasteiger partial charge in [0.25, 0.3) is 0 Å². The Hall–Kier alpha value is -2.79. The summed E-state index contributed by atoms with van der Waals surface area (Å²) >= 11 is 0. The van der Waals surface area contributed by atoms with Crippen LogP contribution in [-0.4, -0.2) is 38.3 Å². The maximum atomic E-state index is 12.5. The van der Waals surface area contributed by atoms with Gasteiger partial charge in [-0.3, -0.25) is 4.79 Å². The van der Waals surface area contributed by atoms with Gasteiger partial charge in [0.1, 0.15) is 22.8 Å². The second kappa shape index (κ2) is 9.35. The van der Waals surface area contributed by atoms with Crippen molar-refractivity contribution in [2.45, 2.75) is 26.2 Å². The molecule has 0 spiro atoms. The maximum absolute atomic E-state index is 12.5. The van der Waals surface area contributed by atoms with Gasteiger partial charge in [-0.1, -0.05) is 6.92 Å². The zero-order chi connectivity index (χ0) is 20.9. The summed E-state index contributed by atoms with van der Waals surface area (Å²) in [6.07, 6.45) is 3.57. The summed E-state index contributed by atoms with van der Waals surface area (Å²) in [6.45, 7) is 6.43. The largest absolute Gasteiger partial charge is 0.497 e. The first-order chi connectivity index (χ1) is 14.6. The number of ether oxygens (including phenoxy) is 2. The van der Waals surface area contributed by atoms with E-state index in [4.69, 9.17) is 13.9 Å².